The molecule has 2 aromatic carbocycles. The van der Waals surface area contributed by atoms with Crippen LogP contribution in [0.2, 0.25) is 0 Å². The molecule has 1 heterocycles. The third-order valence-corrected chi connectivity index (χ3v) is 4.76. The second-order valence-corrected chi connectivity index (χ2v) is 6.43. The Labute approximate surface area is 161 Å². The number of aromatic nitrogens is 1. The summed E-state index contributed by atoms with van der Waals surface area (Å²) < 4.78 is 10.3. The highest BCUT2D eigenvalue weighted by Crippen LogP contribution is 2.33. The summed E-state index contributed by atoms with van der Waals surface area (Å²) in [6, 6.07) is 14.5. The lowest BCUT2D eigenvalue weighted by Gasteiger charge is -2.04. The molecular weight excluding hydrogens is 362 g/mol. The summed E-state index contributed by atoms with van der Waals surface area (Å²) in [6.07, 6.45) is 1.58. The van der Waals surface area contributed by atoms with Crippen molar-refractivity contribution >= 4 is 23.2 Å². The topological polar surface area (TPSA) is 87.7 Å². The van der Waals surface area contributed by atoms with Crippen molar-refractivity contribution in [1.29, 1.82) is 5.26 Å². The lowest BCUT2D eigenvalue weighted by atomic mass is 10.1. The molecule has 0 amide bonds. The van der Waals surface area contributed by atoms with Crippen molar-refractivity contribution in [3.63, 3.8) is 0 Å². The van der Waals surface area contributed by atoms with Crippen LogP contribution in [0.1, 0.15) is 10.9 Å². The lowest BCUT2D eigenvalue weighted by molar-refractivity contribution is 0.373. The van der Waals surface area contributed by atoms with Gasteiger partial charge in [-0.3, -0.25) is 4.99 Å². The Balaban J connectivity index is 1.83. The summed E-state index contributed by atoms with van der Waals surface area (Å²) in [5.41, 5.74) is 2.21. The van der Waals surface area contributed by atoms with Crippen molar-refractivity contribution in [2.75, 3.05) is 14.2 Å². The Morgan fingerprint density at radius 3 is 2.81 bits per heavy atom. The summed E-state index contributed by atoms with van der Waals surface area (Å²) >= 11 is 1.38. The highest BCUT2D eigenvalue weighted by atomic mass is 32.1. The number of ether oxygens (including phenoxy) is 2. The fourth-order valence-corrected chi connectivity index (χ4v) is 3.24. The first-order chi connectivity index (χ1) is 13.1. The fourth-order valence-electron chi connectivity index (χ4n) is 2.40. The van der Waals surface area contributed by atoms with Crippen molar-refractivity contribution < 1.29 is 14.6 Å². The second-order valence-electron chi connectivity index (χ2n) is 5.54. The number of rotatable bonds is 6. The van der Waals surface area contributed by atoms with Crippen LogP contribution in [0, 0.1) is 11.3 Å². The largest absolute Gasteiger partial charge is 0.504 e. The highest BCUT2D eigenvalue weighted by molar-refractivity contribution is 7.10. The van der Waals surface area contributed by atoms with E-state index in [0.717, 1.165) is 5.56 Å². The smallest absolute Gasteiger partial charge is 0.161 e. The van der Waals surface area contributed by atoms with Gasteiger partial charge in [0.25, 0.3) is 0 Å². The first kappa shape index (κ1) is 18.4. The summed E-state index contributed by atoms with van der Waals surface area (Å²) in [4.78, 5) is 8.92. The molecule has 0 saturated heterocycles. The van der Waals surface area contributed by atoms with Gasteiger partial charge in [-0.05, 0) is 30.3 Å². The zero-order valence-corrected chi connectivity index (χ0v) is 15.6. The van der Waals surface area contributed by atoms with Crippen molar-refractivity contribution in [3.8, 4) is 34.6 Å². The molecule has 3 aromatic rings. The highest BCUT2D eigenvalue weighted by Gasteiger charge is 2.15. The average molecular weight is 379 g/mol. The number of thiazole rings is 1. The van der Waals surface area contributed by atoms with E-state index in [4.69, 9.17) is 9.47 Å². The van der Waals surface area contributed by atoms with Gasteiger partial charge in [0.2, 0.25) is 0 Å². The van der Waals surface area contributed by atoms with E-state index in [1.165, 1.54) is 18.4 Å². The number of aliphatic imine (C=N–C) groups is 1. The quantitative estimate of drug-likeness (QED) is 0.635. The summed E-state index contributed by atoms with van der Waals surface area (Å²) in [5, 5.41) is 21.7. The van der Waals surface area contributed by atoms with E-state index >= 15 is 0 Å². The normalized spacial score (nSPS) is 11.9. The number of phenolic OH excluding ortho intramolecular Hbond substituents is 1. The summed E-state index contributed by atoms with van der Waals surface area (Å²) in [5.74, 6) is 0.584. The standard InChI is InChI=1S/C20H17N3O3S/c1-25-16-5-3-4-15(9-16)22-11-14(10-21)20-23-17(12-27-20)13-6-7-18(24)19(8-13)26-2/h3-9,11-12,14,24H,1-2H3. The van der Waals surface area contributed by atoms with Crippen LogP contribution in [-0.4, -0.2) is 30.5 Å². The molecule has 6 nitrogen and oxygen atoms in total. The Bertz CT molecular complexity index is 1010. The van der Waals surface area contributed by atoms with Crippen molar-refractivity contribution in [2.24, 2.45) is 4.99 Å². The third kappa shape index (κ3) is 4.25. The monoisotopic (exact) mass is 379 g/mol. The van der Waals surface area contributed by atoms with Gasteiger partial charge >= 0.3 is 0 Å². The van der Waals surface area contributed by atoms with Crippen LogP contribution in [0.4, 0.5) is 5.69 Å². The first-order valence-corrected chi connectivity index (χ1v) is 8.93. The van der Waals surface area contributed by atoms with E-state index in [9.17, 15) is 10.4 Å². The van der Waals surface area contributed by atoms with Crippen LogP contribution in [-0.2, 0) is 0 Å². The molecule has 0 aliphatic carbocycles. The van der Waals surface area contributed by atoms with Gasteiger partial charge in [0.1, 0.15) is 16.7 Å². The molecule has 136 valence electrons. The Morgan fingerprint density at radius 2 is 2.07 bits per heavy atom. The zero-order valence-electron chi connectivity index (χ0n) is 14.8. The number of nitrogens with zero attached hydrogens (tertiary/aromatic N) is 3. The van der Waals surface area contributed by atoms with E-state index in [1.54, 1.807) is 37.6 Å². The molecule has 7 heteroatoms. The molecule has 1 atom stereocenters. The minimum absolute atomic E-state index is 0.0667. The van der Waals surface area contributed by atoms with E-state index < -0.39 is 5.92 Å². The molecule has 27 heavy (non-hydrogen) atoms. The Morgan fingerprint density at radius 1 is 1.22 bits per heavy atom. The molecule has 3 rings (SSSR count). The fraction of sp³-hybridized carbons (Fsp3) is 0.150. The maximum atomic E-state index is 9.72. The van der Waals surface area contributed by atoms with Crippen LogP contribution >= 0.6 is 11.3 Å². The van der Waals surface area contributed by atoms with Crippen molar-refractivity contribution in [1.82, 2.24) is 4.98 Å². The zero-order chi connectivity index (χ0) is 19.2. The van der Waals surface area contributed by atoms with Crippen molar-refractivity contribution in [3.05, 3.63) is 52.9 Å². The van der Waals surface area contributed by atoms with E-state index in [0.29, 0.717) is 27.9 Å². The molecule has 0 aliphatic rings. The predicted octanol–water partition coefficient (Wildman–Crippen LogP) is 4.54. The third-order valence-electron chi connectivity index (χ3n) is 3.83. The SMILES string of the molecule is COc1cccc(N=CC(C#N)c2nc(-c3ccc(O)c(OC)c3)cs2)c1. The second kappa shape index (κ2) is 8.34. The van der Waals surface area contributed by atoms with E-state index in [-0.39, 0.29) is 5.75 Å². The first-order valence-electron chi connectivity index (χ1n) is 8.05. The number of methoxy groups -OCH3 is 2. The van der Waals surface area contributed by atoms with E-state index in [2.05, 4.69) is 16.0 Å². The van der Waals surface area contributed by atoms with Crippen LogP contribution in [0.3, 0.4) is 0 Å². The molecule has 1 aromatic heterocycles. The van der Waals surface area contributed by atoms with Gasteiger partial charge in [-0.25, -0.2) is 4.98 Å². The number of aromatic hydroxyl groups is 1. The number of phenols is 1. The van der Waals surface area contributed by atoms with E-state index in [1.807, 2.05) is 23.6 Å². The Hall–Kier alpha value is -3.37. The maximum Gasteiger partial charge on any atom is 0.161 e. The molecular formula is C20H17N3O3S. The molecule has 0 saturated carbocycles. The maximum absolute atomic E-state index is 9.72. The minimum atomic E-state index is -0.561. The van der Waals surface area contributed by atoms with Gasteiger partial charge in [0.15, 0.2) is 11.5 Å². The van der Waals surface area contributed by atoms with Crippen molar-refractivity contribution in [2.45, 2.75) is 5.92 Å². The van der Waals surface area contributed by atoms with Gasteiger partial charge < -0.3 is 14.6 Å². The van der Waals surface area contributed by atoms with Crippen LogP contribution in [0.15, 0.2) is 52.8 Å². The predicted molar refractivity (Wildman–Crippen MR) is 105 cm³/mol. The number of benzene rings is 2. The molecule has 0 spiro atoms. The molecule has 0 fully saturated rings. The molecule has 1 unspecified atom stereocenters. The average Bonchev–Trinajstić information content (AvgIpc) is 3.19. The lowest BCUT2D eigenvalue weighted by Crippen LogP contribution is -1.96. The minimum Gasteiger partial charge on any atom is -0.504 e. The van der Waals surface area contributed by atoms with Gasteiger partial charge in [0.05, 0.1) is 31.7 Å². The summed E-state index contributed by atoms with van der Waals surface area (Å²) in [6.45, 7) is 0. The Kier molecular flexibility index (Phi) is 5.69. The summed E-state index contributed by atoms with van der Waals surface area (Å²) in [7, 11) is 3.09. The van der Waals surface area contributed by atoms with Crippen LogP contribution in [0.5, 0.6) is 17.2 Å². The molecule has 0 aliphatic heterocycles. The van der Waals surface area contributed by atoms with Gasteiger partial charge in [-0.1, -0.05) is 6.07 Å². The molecule has 0 bridgehead atoms. The van der Waals surface area contributed by atoms with Gasteiger partial charge in [0, 0.05) is 23.2 Å². The number of hydrogen-bond acceptors (Lipinski definition) is 7. The van der Waals surface area contributed by atoms with Crippen LogP contribution < -0.4 is 9.47 Å². The van der Waals surface area contributed by atoms with Gasteiger partial charge in [-0.2, -0.15) is 5.26 Å². The van der Waals surface area contributed by atoms with Gasteiger partial charge in [-0.15, -0.1) is 11.3 Å². The molecule has 0 radical (unpaired) electrons. The molecule has 1 N–H and O–H groups in total. The number of hydrogen-bond donors (Lipinski definition) is 1. The number of nitriles is 1. The van der Waals surface area contributed by atoms with Crippen LogP contribution in [0.25, 0.3) is 11.3 Å².